The molecule has 0 atom stereocenters. The minimum absolute atomic E-state index is 0.0771. The number of rotatable bonds is 2. The van der Waals surface area contributed by atoms with Crippen LogP contribution >= 0.6 is 0 Å². The maximum atomic E-state index is 10.4. The fraction of sp³-hybridized carbons (Fsp3) is 0.167. The van der Waals surface area contributed by atoms with E-state index in [0.717, 1.165) is 0 Å². The minimum Gasteiger partial charge on any atom is -0.384 e. The Balaban J connectivity index is 3.20. The van der Waals surface area contributed by atoms with Crippen molar-refractivity contribution in [3.63, 3.8) is 0 Å². The summed E-state index contributed by atoms with van der Waals surface area (Å²) in [5, 5.41) is 13.0. The van der Waals surface area contributed by atoms with E-state index < -0.39 is 4.92 Å². The van der Waals surface area contributed by atoms with Gasteiger partial charge in [-0.3, -0.25) is 10.1 Å². The van der Waals surface area contributed by atoms with Crippen LogP contribution in [0.2, 0.25) is 0 Å². The highest BCUT2D eigenvalue weighted by atomic mass is 16.6. The molecule has 6 nitrogen and oxygen atoms in total. The molecule has 6 heteroatoms. The standard InChI is InChI=1S/C6H8N4O2/c1-8-6-4(10(11)12)2-3-5(7)9-6/h2-3H,1H3,(H3,7,8,9). The normalized spacial score (nSPS) is 9.42. The van der Waals surface area contributed by atoms with Gasteiger partial charge in [0.05, 0.1) is 4.92 Å². The van der Waals surface area contributed by atoms with Gasteiger partial charge in [0, 0.05) is 13.1 Å². The van der Waals surface area contributed by atoms with Crippen molar-refractivity contribution in [2.45, 2.75) is 0 Å². The number of nitrogens with two attached hydrogens (primary N) is 1. The van der Waals surface area contributed by atoms with Crippen LogP contribution < -0.4 is 11.1 Å². The molecule has 1 heterocycles. The minimum atomic E-state index is -0.516. The summed E-state index contributed by atoms with van der Waals surface area (Å²) in [7, 11) is 1.55. The third-order valence-electron chi connectivity index (χ3n) is 1.33. The molecule has 0 aliphatic rings. The van der Waals surface area contributed by atoms with E-state index in [2.05, 4.69) is 10.3 Å². The molecule has 0 fully saturated rings. The number of pyridine rings is 1. The Labute approximate surface area is 68.6 Å². The van der Waals surface area contributed by atoms with Crippen LogP contribution in [0.4, 0.5) is 17.3 Å². The van der Waals surface area contributed by atoms with Gasteiger partial charge < -0.3 is 11.1 Å². The molecule has 0 spiro atoms. The van der Waals surface area contributed by atoms with Gasteiger partial charge in [0.25, 0.3) is 0 Å². The third-order valence-corrected chi connectivity index (χ3v) is 1.33. The number of aromatic nitrogens is 1. The fourth-order valence-corrected chi connectivity index (χ4v) is 0.798. The molecule has 0 aliphatic carbocycles. The number of hydrogen-bond acceptors (Lipinski definition) is 5. The maximum absolute atomic E-state index is 10.4. The molecule has 1 rings (SSSR count). The number of nitrogen functional groups attached to an aromatic ring is 1. The second kappa shape index (κ2) is 3.04. The summed E-state index contributed by atoms with van der Waals surface area (Å²) in [5.74, 6) is 0.435. The van der Waals surface area contributed by atoms with E-state index in [0.29, 0.717) is 0 Å². The van der Waals surface area contributed by atoms with Gasteiger partial charge in [-0.25, -0.2) is 4.98 Å². The number of anilines is 2. The first-order valence-corrected chi connectivity index (χ1v) is 3.24. The monoisotopic (exact) mass is 168 g/mol. The highest BCUT2D eigenvalue weighted by Gasteiger charge is 2.13. The van der Waals surface area contributed by atoms with E-state index in [4.69, 9.17) is 5.73 Å². The number of nitrogens with zero attached hydrogens (tertiary/aromatic N) is 2. The Morgan fingerprint density at radius 3 is 2.83 bits per heavy atom. The molecule has 12 heavy (non-hydrogen) atoms. The molecular formula is C6H8N4O2. The van der Waals surface area contributed by atoms with Crippen molar-refractivity contribution >= 4 is 17.3 Å². The third kappa shape index (κ3) is 1.42. The fourth-order valence-electron chi connectivity index (χ4n) is 0.798. The van der Waals surface area contributed by atoms with Crippen LogP contribution in [0.15, 0.2) is 12.1 Å². The molecule has 64 valence electrons. The van der Waals surface area contributed by atoms with Crippen LogP contribution in [0.3, 0.4) is 0 Å². The zero-order chi connectivity index (χ0) is 9.14. The molecule has 0 radical (unpaired) electrons. The van der Waals surface area contributed by atoms with E-state index in [9.17, 15) is 10.1 Å². The van der Waals surface area contributed by atoms with E-state index in [1.54, 1.807) is 7.05 Å². The van der Waals surface area contributed by atoms with Crippen LogP contribution in [0, 0.1) is 10.1 Å². The lowest BCUT2D eigenvalue weighted by Gasteiger charge is -2.00. The molecule has 0 saturated heterocycles. The zero-order valence-electron chi connectivity index (χ0n) is 6.44. The van der Waals surface area contributed by atoms with Crippen LogP contribution in [0.25, 0.3) is 0 Å². The average Bonchev–Trinajstić information content (AvgIpc) is 2.03. The van der Waals surface area contributed by atoms with E-state index >= 15 is 0 Å². The predicted molar refractivity (Wildman–Crippen MR) is 44.9 cm³/mol. The van der Waals surface area contributed by atoms with Gasteiger partial charge in [-0.1, -0.05) is 0 Å². The number of hydrogen-bond donors (Lipinski definition) is 2. The lowest BCUT2D eigenvalue weighted by Crippen LogP contribution is -2.01. The zero-order valence-corrected chi connectivity index (χ0v) is 6.44. The molecule has 0 amide bonds. The smallest absolute Gasteiger partial charge is 0.311 e. The van der Waals surface area contributed by atoms with Crippen molar-refractivity contribution < 1.29 is 4.92 Å². The Morgan fingerprint density at radius 1 is 1.67 bits per heavy atom. The highest BCUT2D eigenvalue weighted by molar-refractivity contribution is 5.58. The first-order chi connectivity index (χ1) is 5.65. The Hall–Kier alpha value is -1.85. The molecule has 0 aliphatic heterocycles. The maximum Gasteiger partial charge on any atom is 0.311 e. The Bertz CT molecular complexity index is 312. The molecule has 0 aromatic carbocycles. The van der Waals surface area contributed by atoms with Crippen LogP contribution in [0.1, 0.15) is 0 Å². The van der Waals surface area contributed by atoms with Crippen molar-refractivity contribution in [3.8, 4) is 0 Å². The van der Waals surface area contributed by atoms with Crippen LogP contribution in [0.5, 0.6) is 0 Å². The van der Waals surface area contributed by atoms with Crippen molar-refractivity contribution in [2.75, 3.05) is 18.1 Å². The molecule has 0 unspecified atom stereocenters. The van der Waals surface area contributed by atoms with Crippen molar-refractivity contribution in [2.24, 2.45) is 0 Å². The van der Waals surface area contributed by atoms with E-state index in [1.807, 2.05) is 0 Å². The summed E-state index contributed by atoms with van der Waals surface area (Å²) in [6.45, 7) is 0. The van der Waals surface area contributed by atoms with E-state index in [-0.39, 0.29) is 17.3 Å². The summed E-state index contributed by atoms with van der Waals surface area (Å²) >= 11 is 0. The predicted octanol–water partition coefficient (Wildman–Crippen LogP) is 0.614. The lowest BCUT2D eigenvalue weighted by molar-refractivity contribution is -0.384. The van der Waals surface area contributed by atoms with Gasteiger partial charge in [-0.05, 0) is 6.07 Å². The topological polar surface area (TPSA) is 94.1 Å². The molecule has 0 saturated carbocycles. The summed E-state index contributed by atoms with van der Waals surface area (Å²) in [6.07, 6.45) is 0. The van der Waals surface area contributed by atoms with Gasteiger partial charge in [0.2, 0.25) is 5.82 Å². The first-order valence-electron chi connectivity index (χ1n) is 3.24. The highest BCUT2D eigenvalue weighted by Crippen LogP contribution is 2.21. The molecular weight excluding hydrogens is 160 g/mol. The van der Waals surface area contributed by atoms with Gasteiger partial charge in [-0.15, -0.1) is 0 Å². The molecule has 0 bridgehead atoms. The first kappa shape index (κ1) is 8.25. The summed E-state index contributed by atoms with van der Waals surface area (Å²) in [5.41, 5.74) is 5.25. The summed E-state index contributed by atoms with van der Waals surface area (Å²) < 4.78 is 0. The van der Waals surface area contributed by atoms with Crippen LogP contribution in [-0.2, 0) is 0 Å². The largest absolute Gasteiger partial charge is 0.384 e. The van der Waals surface area contributed by atoms with Crippen molar-refractivity contribution in [1.82, 2.24) is 4.98 Å². The lowest BCUT2D eigenvalue weighted by atomic mass is 10.4. The molecule has 1 aromatic rings. The molecule has 3 N–H and O–H groups in total. The Kier molecular flexibility index (Phi) is 2.09. The SMILES string of the molecule is CNc1nc(N)ccc1[N+](=O)[O-]. The molecule has 1 aromatic heterocycles. The quantitative estimate of drug-likeness (QED) is 0.498. The van der Waals surface area contributed by atoms with Gasteiger partial charge in [0.15, 0.2) is 0 Å². The van der Waals surface area contributed by atoms with Crippen molar-refractivity contribution in [3.05, 3.63) is 22.2 Å². The summed E-state index contributed by atoms with van der Waals surface area (Å²) in [6, 6.07) is 2.70. The van der Waals surface area contributed by atoms with Gasteiger partial charge in [-0.2, -0.15) is 0 Å². The Morgan fingerprint density at radius 2 is 2.33 bits per heavy atom. The van der Waals surface area contributed by atoms with Gasteiger partial charge in [0.1, 0.15) is 5.82 Å². The number of nitro groups is 1. The van der Waals surface area contributed by atoms with Gasteiger partial charge >= 0.3 is 5.69 Å². The van der Waals surface area contributed by atoms with Crippen molar-refractivity contribution in [1.29, 1.82) is 0 Å². The van der Waals surface area contributed by atoms with Crippen LogP contribution in [-0.4, -0.2) is 17.0 Å². The second-order valence-electron chi connectivity index (χ2n) is 2.11. The summed E-state index contributed by atoms with van der Waals surface area (Å²) in [4.78, 5) is 13.6. The number of nitrogens with one attached hydrogen (secondary N) is 1. The second-order valence-corrected chi connectivity index (χ2v) is 2.11. The van der Waals surface area contributed by atoms with E-state index in [1.165, 1.54) is 12.1 Å². The average molecular weight is 168 g/mol.